The van der Waals surface area contributed by atoms with E-state index in [4.69, 9.17) is 0 Å². The van der Waals surface area contributed by atoms with Gasteiger partial charge in [-0.2, -0.15) is 0 Å². The SMILES string of the molecule is CCNCc1sc(-c2ccncn2)nc1C. The summed E-state index contributed by atoms with van der Waals surface area (Å²) >= 11 is 1.69. The van der Waals surface area contributed by atoms with Crippen molar-refractivity contribution < 1.29 is 0 Å². The number of hydrogen-bond donors (Lipinski definition) is 1. The Labute approximate surface area is 98.8 Å². The fourth-order valence-electron chi connectivity index (χ4n) is 1.36. The standard InChI is InChI=1S/C11H14N4S/c1-3-12-6-10-8(2)15-11(16-10)9-4-5-13-7-14-9/h4-5,7,12H,3,6H2,1-2H3. The van der Waals surface area contributed by atoms with Gasteiger partial charge in [0.05, 0.1) is 5.69 Å². The molecule has 0 amide bonds. The minimum atomic E-state index is 0.880. The molecule has 0 bridgehead atoms. The number of aromatic nitrogens is 3. The van der Waals surface area contributed by atoms with Crippen molar-refractivity contribution in [1.82, 2.24) is 20.3 Å². The number of aryl methyl sites for hydroxylation is 1. The van der Waals surface area contributed by atoms with Crippen molar-refractivity contribution in [3.63, 3.8) is 0 Å². The fourth-order valence-corrected chi connectivity index (χ4v) is 2.37. The summed E-state index contributed by atoms with van der Waals surface area (Å²) < 4.78 is 0. The number of hydrogen-bond acceptors (Lipinski definition) is 5. The molecule has 84 valence electrons. The van der Waals surface area contributed by atoms with Crippen LogP contribution < -0.4 is 5.32 Å². The quantitative estimate of drug-likeness (QED) is 0.879. The monoisotopic (exact) mass is 234 g/mol. The van der Waals surface area contributed by atoms with Crippen molar-refractivity contribution in [3.8, 4) is 10.7 Å². The first-order valence-electron chi connectivity index (χ1n) is 5.24. The van der Waals surface area contributed by atoms with E-state index >= 15 is 0 Å². The summed E-state index contributed by atoms with van der Waals surface area (Å²) in [4.78, 5) is 13.9. The normalized spacial score (nSPS) is 10.6. The molecule has 2 rings (SSSR count). The second-order valence-electron chi connectivity index (χ2n) is 3.40. The summed E-state index contributed by atoms with van der Waals surface area (Å²) in [7, 11) is 0. The van der Waals surface area contributed by atoms with Gasteiger partial charge in [0.1, 0.15) is 17.0 Å². The van der Waals surface area contributed by atoms with Gasteiger partial charge in [0.25, 0.3) is 0 Å². The number of nitrogens with zero attached hydrogens (tertiary/aromatic N) is 3. The smallest absolute Gasteiger partial charge is 0.142 e. The molecule has 0 radical (unpaired) electrons. The maximum absolute atomic E-state index is 4.52. The van der Waals surface area contributed by atoms with Gasteiger partial charge in [-0.15, -0.1) is 11.3 Å². The van der Waals surface area contributed by atoms with E-state index in [1.807, 2.05) is 13.0 Å². The van der Waals surface area contributed by atoms with Gasteiger partial charge in [0.15, 0.2) is 0 Å². The van der Waals surface area contributed by atoms with Crippen LogP contribution in [0.5, 0.6) is 0 Å². The lowest BCUT2D eigenvalue weighted by atomic mass is 10.4. The lowest BCUT2D eigenvalue weighted by molar-refractivity contribution is 0.731. The highest BCUT2D eigenvalue weighted by Gasteiger charge is 2.09. The molecule has 16 heavy (non-hydrogen) atoms. The molecule has 0 spiro atoms. The highest BCUT2D eigenvalue weighted by atomic mass is 32.1. The fraction of sp³-hybridized carbons (Fsp3) is 0.364. The van der Waals surface area contributed by atoms with Crippen LogP contribution in [0.2, 0.25) is 0 Å². The molecule has 0 saturated heterocycles. The van der Waals surface area contributed by atoms with Crippen LogP contribution in [0.15, 0.2) is 18.6 Å². The third kappa shape index (κ3) is 2.43. The first-order valence-corrected chi connectivity index (χ1v) is 6.06. The summed E-state index contributed by atoms with van der Waals surface area (Å²) in [6, 6.07) is 1.88. The molecule has 4 nitrogen and oxygen atoms in total. The lowest BCUT2D eigenvalue weighted by Gasteiger charge is -1.97. The molecule has 2 aromatic rings. The molecule has 0 aromatic carbocycles. The Kier molecular flexibility index (Phi) is 3.58. The van der Waals surface area contributed by atoms with E-state index in [-0.39, 0.29) is 0 Å². The summed E-state index contributed by atoms with van der Waals surface area (Å²) in [6.45, 7) is 5.99. The number of nitrogens with one attached hydrogen (secondary N) is 1. The summed E-state index contributed by atoms with van der Waals surface area (Å²) in [5.74, 6) is 0. The molecule has 0 saturated carbocycles. The molecule has 2 aromatic heterocycles. The molecule has 0 aliphatic rings. The van der Waals surface area contributed by atoms with Crippen molar-refractivity contribution in [2.45, 2.75) is 20.4 Å². The van der Waals surface area contributed by atoms with E-state index in [2.05, 4.69) is 27.2 Å². The number of rotatable bonds is 4. The van der Waals surface area contributed by atoms with Crippen LogP contribution in [0.1, 0.15) is 17.5 Å². The molecule has 0 aliphatic heterocycles. The number of thiazole rings is 1. The second-order valence-corrected chi connectivity index (χ2v) is 4.49. The van der Waals surface area contributed by atoms with Crippen LogP contribution in [0.3, 0.4) is 0 Å². The van der Waals surface area contributed by atoms with E-state index < -0.39 is 0 Å². The maximum Gasteiger partial charge on any atom is 0.142 e. The molecular formula is C11H14N4S. The average molecular weight is 234 g/mol. The third-order valence-electron chi connectivity index (χ3n) is 2.23. The Bertz CT molecular complexity index is 452. The van der Waals surface area contributed by atoms with E-state index in [1.165, 1.54) is 4.88 Å². The van der Waals surface area contributed by atoms with Crippen molar-refractivity contribution in [1.29, 1.82) is 0 Å². The van der Waals surface area contributed by atoms with Crippen LogP contribution in [0.4, 0.5) is 0 Å². The average Bonchev–Trinajstić information content (AvgIpc) is 2.69. The third-order valence-corrected chi connectivity index (χ3v) is 3.41. The maximum atomic E-state index is 4.52. The van der Waals surface area contributed by atoms with Crippen LogP contribution in [-0.2, 0) is 6.54 Å². The van der Waals surface area contributed by atoms with Crippen molar-refractivity contribution in [2.75, 3.05) is 6.54 Å². The van der Waals surface area contributed by atoms with E-state index in [0.29, 0.717) is 0 Å². The second kappa shape index (κ2) is 5.14. The Morgan fingerprint density at radius 3 is 3.00 bits per heavy atom. The molecule has 2 heterocycles. The topological polar surface area (TPSA) is 50.7 Å². The van der Waals surface area contributed by atoms with E-state index in [0.717, 1.165) is 29.5 Å². The van der Waals surface area contributed by atoms with E-state index in [1.54, 1.807) is 23.9 Å². The van der Waals surface area contributed by atoms with Gasteiger partial charge in [-0.1, -0.05) is 6.92 Å². The molecule has 5 heteroatoms. The molecule has 1 N–H and O–H groups in total. The summed E-state index contributed by atoms with van der Waals surface area (Å²) in [6.07, 6.45) is 3.29. The van der Waals surface area contributed by atoms with Gasteiger partial charge in [0.2, 0.25) is 0 Å². The highest BCUT2D eigenvalue weighted by Crippen LogP contribution is 2.25. The van der Waals surface area contributed by atoms with Gasteiger partial charge in [0, 0.05) is 17.6 Å². The molecular weight excluding hydrogens is 220 g/mol. The molecule has 0 aliphatic carbocycles. The van der Waals surface area contributed by atoms with Gasteiger partial charge in [-0.25, -0.2) is 15.0 Å². The van der Waals surface area contributed by atoms with Crippen LogP contribution in [0, 0.1) is 6.92 Å². The van der Waals surface area contributed by atoms with Crippen LogP contribution >= 0.6 is 11.3 Å². The van der Waals surface area contributed by atoms with Crippen molar-refractivity contribution in [3.05, 3.63) is 29.2 Å². The zero-order valence-electron chi connectivity index (χ0n) is 9.40. The van der Waals surface area contributed by atoms with Crippen LogP contribution in [-0.4, -0.2) is 21.5 Å². The molecule has 0 unspecified atom stereocenters. The minimum absolute atomic E-state index is 0.880. The van der Waals surface area contributed by atoms with Crippen molar-refractivity contribution >= 4 is 11.3 Å². The first-order chi connectivity index (χ1) is 7.81. The Balaban J connectivity index is 2.24. The first kappa shape index (κ1) is 11.2. The minimum Gasteiger partial charge on any atom is -0.312 e. The Morgan fingerprint density at radius 1 is 1.44 bits per heavy atom. The molecule has 0 atom stereocenters. The predicted molar refractivity (Wildman–Crippen MR) is 65.3 cm³/mol. The Hall–Kier alpha value is -1.33. The lowest BCUT2D eigenvalue weighted by Crippen LogP contribution is -2.11. The van der Waals surface area contributed by atoms with E-state index in [9.17, 15) is 0 Å². The predicted octanol–water partition coefficient (Wildman–Crippen LogP) is 2.02. The Morgan fingerprint density at radius 2 is 2.31 bits per heavy atom. The van der Waals surface area contributed by atoms with Gasteiger partial charge in [-0.05, 0) is 19.5 Å². The zero-order valence-corrected chi connectivity index (χ0v) is 10.2. The van der Waals surface area contributed by atoms with Gasteiger partial charge >= 0.3 is 0 Å². The zero-order chi connectivity index (χ0) is 11.4. The molecule has 0 fully saturated rings. The van der Waals surface area contributed by atoms with Crippen LogP contribution in [0.25, 0.3) is 10.7 Å². The van der Waals surface area contributed by atoms with Gasteiger partial charge in [-0.3, -0.25) is 0 Å². The van der Waals surface area contributed by atoms with Gasteiger partial charge < -0.3 is 5.32 Å². The van der Waals surface area contributed by atoms with Crippen molar-refractivity contribution in [2.24, 2.45) is 0 Å². The largest absolute Gasteiger partial charge is 0.312 e. The highest BCUT2D eigenvalue weighted by molar-refractivity contribution is 7.15. The summed E-state index contributed by atoms with van der Waals surface area (Å²) in [5.41, 5.74) is 1.98. The summed E-state index contributed by atoms with van der Waals surface area (Å²) in [5, 5.41) is 4.27.